The number of carbonyl (C=O) groups is 4. The van der Waals surface area contributed by atoms with Gasteiger partial charge in [-0.1, -0.05) is 32.0 Å². The maximum Gasteiger partial charge on any atom is 0.317 e. The van der Waals surface area contributed by atoms with Crippen LogP contribution in [0.15, 0.2) is 36.4 Å². The van der Waals surface area contributed by atoms with Crippen molar-refractivity contribution in [3.05, 3.63) is 42.0 Å². The second-order valence-electron chi connectivity index (χ2n) is 9.24. The molecule has 6 nitrogen and oxygen atoms in total. The first-order chi connectivity index (χ1) is 13.6. The van der Waals surface area contributed by atoms with Crippen molar-refractivity contribution in [1.82, 2.24) is 5.32 Å². The molecule has 2 aromatic carbocycles. The Labute approximate surface area is 168 Å². The van der Waals surface area contributed by atoms with Gasteiger partial charge in [0.1, 0.15) is 12.0 Å². The van der Waals surface area contributed by atoms with Gasteiger partial charge in [-0.25, -0.2) is 0 Å². The Morgan fingerprint density at radius 3 is 2.28 bits per heavy atom. The zero-order valence-electron chi connectivity index (χ0n) is 16.7. The van der Waals surface area contributed by atoms with Gasteiger partial charge < -0.3 is 4.74 Å². The summed E-state index contributed by atoms with van der Waals surface area (Å²) in [6, 6.07) is 10.5. The predicted molar refractivity (Wildman–Crippen MR) is 106 cm³/mol. The molecule has 1 saturated heterocycles. The Morgan fingerprint density at radius 2 is 1.66 bits per heavy atom. The lowest BCUT2D eigenvalue weighted by molar-refractivity contribution is -0.169. The number of benzene rings is 2. The fraction of sp³-hybridized carbons (Fsp3) is 0.391. The number of esters is 1. The van der Waals surface area contributed by atoms with E-state index in [2.05, 4.69) is 5.32 Å². The van der Waals surface area contributed by atoms with Gasteiger partial charge in [0, 0.05) is 21.8 Å². The number of piperidine rings is 1. The van der Waals surface area contributed by atoms with Crippen LogP contribution >= 0.6 is 0 Å². The van der Waals surface area contributed by atoms with E-state index >= 15 is 0 Å². The Balaban J connectivity index is 1.68. The third-order valence-electron chi connectivity index (χ3n) is 6.36. The first-order valence-corrected chi connectivity index (χ1v) is 9.65. The number of carbonyl (C=O) groups excluding carboxylic acids is 4. The molecule has 1 aliphatic carbocycles. The minimum absolute atomic E-state index is 0.313. The second-order valence-corrected chi connectivity index (χ2v) is 9.24. The van der Waals surface area contributed by atoms with E-state index < -0.39 is 22.2 Å². The molecule has 1 heterocycles. The van der Waals surface area contributed by atoms with Crippen LogP contribution < -0.4 is 10.1 Å². The molecule has 150 valence electrons. The van der Waals surface area contributed by atoms with Gasteiger partial charge in [0.15, 0.2) is 0 Å². The van der Waals surface area contributed by atoms with Gasteiger partial charge in [-0.2, -0.15) is 0 Å². The lowest BCUT2D eigenvalue weighted by Crippen LogP contribution is -2.63. The zero-order chi connectivity index (χ0) is 21.0. The van der Waals surface area contributed by atoms with Gasteiger partial charge in [0.2, 0.25) is 11.8 Å². The molecule has 0 radical (unpaired) electrons. The molecular formula is C23H23NO5. The fourth-order valence-electron chi connectivity index (χ4n) is 5.30. The van der Waals surface area contributed by atoms with Crippen LogP contribution in [0, 0.1) is 16.2 Å². The lowest BCUT2D eigenvalue weighted by Gasteiger charge is -2.52. The summed E-state index contributed by atoms with van der Waals surface area (Å²) < 4.78 is 5.80. The molecule has 2 aliphatic rings. The topological polar surface area (TPSA) is 89.5 Å². The van der Waals surface area contributed by atoms with Gasteiger partial charge in [-0.05, 0) is 49.8 Å². The monoisotopic (exact) mass is 393 g/mol. The highest BCUT2D eigenvalue weighted by atomic mass is 16.5. The van der Waals surface area contributed by atoms with Crippen molar-refractivity contribution in [3.63, 3.8) is 0 Å². The molecule has 2 bridgehead atoms. The molecule has 2 amide bonds. The van der Waals surface area contributed by atoms with E-state index in [0.717, 1.165) is 17.1 Å². The third kappa shape index (κ3) is 3.03. The van der Waals surface area contributed by atoms with Crippen LogP contribution in [0.5, 0.6) is 5.75 Å². The van der Waals surface area contributed by atoms with E-state index in [9.17, 15) is 19.2 Å². The average molecular weight is 393 g/mol. The normalized spacial score (nSPS) is 31.3. The van der Waals surface area contributed by atoms with Crippen molar-refractivity contribution >= 4 is 34.8 Å². The first-order valence-electron chi connectivity index (χ1n) is 9.65. The molecule has 6 heteroatoms. The van der Waals surface area contributed by atoms with E-state index in [1.807, 2.05) is 6.07 Å². The highest BCUT2D eigenvalue weighted by Gasteiger charge is 2.61. The molecule has 1 aliphatic heterocycles. The second kappa shape index (κ2) is 6.24. The van der Waals surface area contributed by atoms with Crippen molar-refractivity contribution in [2.45, 2.75) is 40.0 Å². The molecule has 0 spiro atoms. The SMILES string of the molecule is CC1(C(=O)Oc2cccc3cc(C=O)ccc23)C[C@@]2(C)C[C@@](C)(C1)C(=O)NC2=O. The van der Waals surface area contributed by atoms with E-state index in [-0.39, 0.29) is 11.8 Å². The number of fused-ring (bicyclic) bond motifs is 3. The van der Waals surface area contributed by atoms with Gasteiger partial charge in [-0.15, -0.1) is 0 Å². The Bertz CT molecular complexity index is 1050. The van der Waals surface area contributed by atoms with Crippen molar-refractivity contribution in [3.8, 4) is 5.75 Å². The van der Waals surface area contributed by atoms with Crippen molar-refractivity contribution in [2.24, 2.45) is 16.2 Å². The van der Waals surface area contributed by atoms with Gasteiger partial charge in [-0.3, -0.25) is 24.5 Å². The first kappa shape index (κ1) is 19.3. The summed E-state index contributed by atoms with van der Waals surface area (Å²) in [5.41, 5.74) is -2.03. The number of rotatable bonds is 3. The smallest absolute Gasteiger partial charge is 0.317 e. The zero-order valence-corrected chi connectivity index (χ0v) is 16.7. The third-order valence-corrected chi connectivity index (χ3v) is 6.36. The molecule has 3 atom stereocenters. The molecule has 0 aromatic heterocycles. The van der Waals surface area contributed by atoms with Crippen LogP contribution in [0.25, 0.3) is 10.8 Å². The fourth-order valence-corrected chi connectivity index (χ4v) is 5.30. The summed E-state index contributed by atoms with van der Waals surface area (Å²) in [5.74, 6) is -0.715. The van der Waals surface area contributed by atoms with Crippen LogP contribution in [-0.2, 0) is 14.4 Å². The quantitative estimate of drug-likeness (QED) is 0.374. The maximum atomic E-state index is 13.3. The highest BCUT2D eigenvalue weighted by Crippen LogP contribution is 2.57. The van der Waals surface area contributed by atoms with Crippen LogP contribution in [0.2, 0.25) is 0 Å². The number of hydrogen-bond donors (Lipinski definition) is 1. The lowest BCUT2D eigenvalue weighted by atomic mass is 9.52. The molecule has 1 N–H and O–H groups in total. The average Bonchev–Trinajstić information content (AvgIpc) is 2.65. The molecule has 4 rings (SSSR count). The Hall–Kier alpha value is -3.02. The minimum atomic E-state index is -0.972. The summed E-state index contributed by atoms with van der Waals surface area (Å²) >= 11 is 0. The van der Waals surface area contributed by atoms with E-state index in [1.54, 1.807) is 51.1 Å². The highest BCUT2D eigenvalue weighted by molar-refractivity contribution is 6.04. The number of hydrogen-bond acceptors (Lipinski definition) is 5. The van der Waals surface area contributed by atoms with Crippen LogP contribution in [0.1, 0.15) is 50.4 Å². The summed E-state index contributed by atoms with van der Waals surface area (Å²) in [6.07, 6.45) is 1.82. The Kier molecular flexibility index (Phi) is 4.15. The van der Waals surface area contributed by atoms with Gasteiger partial charge in [0.05, 0.1) is 5.41 Å². The van der Waals surface area contributed by atoms with Gasteiger partial charge in [0.25, 0.3) is 0 Å². The predicted octanol–water partition coefficient (Wildman–Crippen LogP) is 3.42. The summed E-state index contributed by atoms with van der Waals surface area (Å²) in [6.45, 7) is 5.37. The summed E-state index contributed by atoms with van der Waals surface area (Å²) in [7, 11) is 0. The molecular weight excluding hydrogens is 370 g/mol. The summed E-state index contributed by atoms with van der Waals surface area (Å²) in [5, 5.41) is 3.98. The van der Waals surface area contributed by atoms with Crippen molar-refractivity contribution < 1.29 is 23.9 Å². The maximum absolute atomic E-state index is 13.3. The molecule has 29 heavy (non-hydrogen) atoms. The van der Waals surface area contributed by atoms with Gasteiger partial charge >= 0.3 is 5.97 Å². The minimum Gasteiger partial charge on any atom is -0.425 e. The van der Waals surface area contributed by atoms with Crippen LogP contribution in [0.4, 0.5) is 0 Å². The van der Waals surface area contributed by atoms with E-state index in [1.165, 1.54) is 0 Å². The number of amides is 2. The largest absolute Gasteiger partial charge is 0.425 e. The summed E-state index contributed by atoms with van der Waals surface area (Å²) in [4.78, 5) is 49.2. The standard InChI is InChI=1S/C23H23NO5/c1-21-11-22(2,19(27)24-18(21)26)13-23(3,12-21)20(28)29-17-6-4-5-15-9-14(10-25)7-8-16(15)17/h4-10H,11-13H2,1-3H3,(H,24,26,27)/t21-,22+,23?. The van der Waals surface area contributed by atoms with E-state index in [4.69, 9.17) is 4.74 Å². The number of imide groups is 1. The molecule has 1 saturated carbocycles. The van der Waals surface area contributed by atoms with Crippen LogP contribution in [-0.4, -0.2) is 24.1 Å². The number of ether oxygens (including phenoxy) is 1. The van der Waals surface area contributed by atoms with E-state index in [0.29, 0.717) is 30.6 Å². The number of nitrogens with one attached hydrogen (secondary N) is 1. The van der Waals surface area contributed by atoms with Crippen LogP contribution in [0.3, 0.4) is 0 Å². The molecule has 2 aromatic rings. The Morgan fingerprint density at radius 1 is 1.00 bits per heavy atom. The van der Waals surface area contributed by atoms with Crippen molar-refractivity contribution in [2.75, 3.05) is 0 Å². The van der Waals surface area contributed by atoms with Crippen molar-refractivity contribution in [1.29, 1.82) is 0 Å². The number of aldehydes is 1. The molecule has 1 unspecified atom stereocenters. The molecule has 2 fully saturated rings.